The van der Waals surface area contributed by atoms with E-state index in [9.17, 15) is 23.2 Å². The zero-order chi connectivity index (χ0) is 29.6. The molecule has 1 amide bonds. The second-order valence-electron chi connectivity index (χ2n) is 9.25. The Morgan fingerprint density at radius 1 is 1.00 bits per heavy atom. The third-order valence-electron chi connectivity index (χ3n) is 5.18. The molecule has 0 saturated heterocycles. The molecule has 2 aromatic heterocycles. The van der Waals surface area contributed by atoms with Crippen molar-refractivity contribution in [1.29, 1.82) is 0 Å². The standard InChI is InChI=1S/C25H30F2N8O5/c1-11(2)39-23(37)16(27)8-18(24(38)40-12(3)4)33-22(36)13-5-6-17(15(26)7-13)30-9-14-10-31-21-19(32-14)20(28)34-25(29)35-21/h5-7,10-12,16,18,30H,8-9H2,1-4H3,(H,33,36)(H4,28,29,31,34,35)/t16-,18-/m0/s1. The maximum absolute atomic E-state index is 14.8. The number of benzene rings is 1. The number of carbonyl (C=O) groups is 3. The van der Waals surface area contributed by atoms with Gasteiger partial charge in [-0.3, -0.25) is 4.79 Å². The predicted octanol–water partition coefficient (Wildman–Crippen LogP) is 2.07. The first-order valence-electron chi connectivity index (χ1n) is 12.3. The Morgan fingerprint density at radius 3 is 2.33 bits per heavy atom. The summed E-state index contributed by atoms with van der Waals surface area (Å²) >= 11 is 0. The highest BCUT2D eigenvalue weighted by molar-refractivity contribution is 5.97. The normalized spacial score (nSPS) is 12.7. The number of esters is 2. The van der Waals surface area contributed by atoms with Gasteiger partial charge in [-0.05, 0) is 45.9 Å². The summed E-state index contributed by atoms with van der Waals surface area (Å²) in [5.41, 5.74) is 12.1. The van der Waals surface area contributed by atoms with Crippen molar-refractivity contribution in [2.45, 2.75) is 65.1 Å². The van der Waals surface area contributed by atoms with Gasteiger partial charge < -0.3 is 31.6 Å². The summed E-state index contributed by atoms with van der Waals surface area (Å²) in [5.74, 6) is -3.80. The van der Waals surface area contributed by atoms with Gasteiger partial charge in [0, 0.05) is 12.0 Å². The number of hydrogen-bond acceptors (Lipinski definition) is 12. The monoisotopic (exact) mass is 560 g/mol. The summed E-state index contributed by atoms with van der Waals surface area (Å²) in [4.78, 5) is 53.4. The number of amides is 1. The molecule has 1 aromatic carbocycles. The second-order valence-corrected chi connectivity index (χ2v) is 9.25. The highest BCUT2D eigenvalue weighted by atomic mass is 19.1. The largest absolute Gasteiger partial charge is 0.461 e. The van der Waals surface area contributed by atoms with E-state index >= 15 is 0 Å². The number of nitrogen functional groups attached to an aromatic ring is 2. The van der Waals surface area contributed by atoms with Gasteiger partial charge in [0.05, 0.1) is 36.3 Å². The van der Waals surface area contributed by atoms with Crippen molar-refractivity contribution >= 4 is 46.5 Å². The van der Waals surface area contributed by atoms with E-state index in [0.29, 0.717) is 5.69 Å². The van der Waals surface area contributed by atoms with Crippen molar-refractivity contribution in [3.05, 3.63) is 41.5 Å². The molecule has 0 bridgehead atoms. The molecule has 13 nitrogen and oxygen atoms in total. The number of ether oxygens (including phenoxy) is 2. The molecule has 0 aliphatic rings. The van der Waals surface area contributed by atoms with E-state index in [1.54, 1.807) is 27.7 Å². The molecule has 3 aromatic rings. The van der Waals surface area contributed by atoms with Crippen LogP contribution in [0.1, 0.15) is 50.2 Å². The number of carbonyl (C=O) groups excluding carboxylic acids is 3. The zero-order valence-electron chi connectivity index (χ0n) is 22.3. The molecule has 0 saturated carbocycles. The number of anilines is 3. The van der Waals surface area contributed by atoms with E-state index < -0.39 is 54.5 Å². The molecule has 3 rings (SSSR count). The third-order valence-corrected chi connectivity index (χ3v) is 5.18. The number of aromatic nitrogens is 4. The van der Waals surface area contributed by atoms with Gasteiger partial charge in [-0.15, -0.1) is 0 Å². The van der Waals surface area contributed by atoms with Crippen molar-refractivity contribution < 1.29 is 32.6 Å². The fourth-order valence-corrected chi connectivity index (χ4v) is 3.43. The van der Waals surface area contributed by atoms with Crippen molar-refractivity contribution in [3.63, 3.8) is 0 Å². The lowest BCUT2D eigenvalue weighted by atomic mass is 10.1. The van der Waals surface area contributed by atoms with Crippen LogP contribution in [-0.4, -0.2) is 62.2 Å². The SMILES string of the molecule is CC(C)OC(=O)[C@H](C[C@H](F)C(=O)OC(C)C)NC(=O)c1ccc(NCc2cnc3nc(N)nc(N)c3n2)c(F)c1. The van der Waals surface area contributed by atoms with E-state index in [1.807, 2.05) is 0 Å². The van der Waals surface area contributed by atoms with Crippen LogP contribution in [0.25, 0.3) is 11.2 Å². The number of nitrogens with zero attached hydrogens (tertiary/aromatic N) is 4. The minimum absolute atomic E-state index is 0.0380. The summed E-state index contributed by atoms with van der Waals surface area (Å²) in [6.07, 6.45) is -2.65. The highest BCUT2D eigenvalue weighted by Crippen LogP contribution is 2.19. The summed E-state index contributed by atoms with van der Waals surface area (Å²) in [6, 6.07) is 2.01. The van der Waals surface area contributed by atoms with Crippen molar-refractivity contribution in [1.82, 2.24) is 25.3 Å². The summed E-state index contributed by atoms with van der Waals surface area (Å²) in [7, 11) is 0. The molecule has 0 fully saturated rings. The number of nitrogens with two attached hydrogens (primary N) is 2. The molecule has 0 unspecified atom stereocenters. The van der Waals surface area contributed by atoms with E-state index in [2.05, 4.69) is 30.6 Å². The number of alkyl halides is 1. The smallest absolute Gasteiger partial charge is 0.341 e. The van der Waals surface area contributed by atoms with Crippen molar-refractivity contribution in [2.75, 3.05) is 16.8 Å². The maximum atomic E-state index is 14.8. The fraction of sp³-hybridized carbons (Fsp3) is 0.400. The Bertz CT molecular complexity index is 1410. The van der Waals surface area contributed by atoms with Gasteiger partial charge in [-0.1, -0.05) is 0 Å². The van der Waals surface area contributed by atoms with Crippen molar-refractivity contribution in [2.24, 2.45) is 0 Å². The Hall–Kier alpha value is -4.69. The molecule has 0 spiro atoms. The van der Waals surface area contributed by atoms with Crippen LogP contribution in [0.3, 0.4) is 0 Å². The second kappa shape index (κ2) is 12.9. The molecule has 0 radical (unpaired) electrons. The predicted molar refractivity (Wildman–Crippen MR) is 141 cm³/mol. The van der Waals surface area contributed by atoms with E-state index in [4.69, 9.17) is 20.9 Å². The molecule has 214 valence electrons. The van der Waals surface area contributed by atoms with E-state index in [-0.39, 0.29) is 40.7 Å². The molecule has 6 N–H and O–H groups in total. The Balaban J connectivity index is 1.70. The van der Waals surface area contributed by atoms with Crippen LogP contribution < -0.4 is 22.1 Å². The number of nitrogens with one attached hydrogen (secondary N) is 2. The molecule has 0 aliphatic carbocycles. The first-order valence-corrected chi connectivity index (χ1v) is 12.3. The average molecular weight is 561 g/mol. The Kier molecular flexibility index (Phi) is 9.63. The van der Waals surface area contributed by atoms with Crippen LogP contribution in [0.4, 0.5) is 26.2 Å². The first-order chi connectivity index (χ1) is 18.8. The first kappa shape index (κ1) is 29.9. The summed E-state index contributed by atoms with van der Waals surface area (Å²) in [5, 5.41) is 5.14. The quantitative estimate of drug-likeness (QED) is 0.249. The Morgan fingerprint density at radius 2 is 1.68 bits per heavy atom. The average Bonchev–Trinajstić information content (AvgIpc) is 2.86. The summed E-state index contributed by atoms with van der Waals surface area (Å²) in [6.45, 7) is 6.27. The van der Waals surface area contributed by atoms with Gasteiger partial charge in [0.2, 0.25) is 5.95 Å². The van der Waals surface area contributed by atoms with E-state index in [0.717, 1.165) is 6.07 Å². The van der Waals surface area contributed by atoms with Gasteiger partial charge in [0.25, 0.3) is 5.91 Å². The van der Waals surface area contributed by atoms with Crippen LogP contribution >= 0.6 is 0 Å². The number of fused-ring (bicyclic) bond motifs is 1. The molecule has 0 aliphatic heterocycles. The minimum atomic E-state index is -2.20. The number of rotatable bonds is 11. The lowest BCUT2D eigenvalue weighted by molar-refractivity contribution is -0.155. The van der Waals surface area contributed by atoms with Crippen LogP contribution in [0.5, 0.6) is 0 Å². The molecule has 2 heterocycles. The highest BCUT2D eigenvalue weighted by Gasteiger charge is 2.32. The lowest BCUT2D eigenvalue weighted by Crippen LogP contribution is -2.45. The lowest BCUT2D eigenvalue weighted by Gasteiger charge is -2.21. The number of hydrogen-bond donors (Lipinski definition) is 4. The minimum Gasteiger partial charge on any atom is -0.461 e. The van der Waals surface area contributed by atoms with Crippen LogP contribution in [0.15, 0.2) is 24.4 Å². The molecule has 2 atom stereocenters. The third kappa shape index (κ3) is 7.91. The van der Waals surface area contributed by atoms with E-state index in [1.165, 1.54) is 18.3 Å². The molecular formula is C25H30F2N8O5. The number of halogens is 2. The van der Waals surface area contributed by atoms with Gasteiger partial charge >= 0.3 is 11.9 Å². The van der Waals surface area contributed by atoms with Gasteiger partial charge in [0.15, 0.2) is 23.2 Å². The van der Waals surface area contributed by atoms with Crippen LogP contribution in [-0.2, 0) is 25.6 Å². The topological polar surface area (TPSA) is 197 Å². The van der Waals surface area contributed by atoms with Gasteiger partial charge in [-0.2, -0.15) is 9.97 Å². The molecular weight excluding hydrogens is 530 g/mol. The van der Waals surface area contributed by atoms with Crippen LogP contribution in [0.2, 0.25) is 0 Å². The van der Waals surface area contributed by atoms with Gasteiger partial charge in [0.1, 0.15) is 11.9 Å². The van der Waals surface area contributed by atoms with Crippen LogP contribution in [0, 0.1) is 5.82 Å². The van der Waals surface area contributed by atoms with Gasteiger partial charge in [-0.25, -0.2) is 28.3 Å². The molecule has 40 heavy (non-hydrogen) atoms. The summed E-state index contributed by atoms with van der Waals surface area (Å²) < 4.78 is 39.2. The Labute approximate surface area is 228 Å². The molecule has 15 heteroatoms. The zero-order valence-corrected chi connectivity index (χ0v) is 22.3. The van der Waals surface area contributed by atoms with Crippen molar-refractivity contribution in [3.8, 4) is 0 Å². The maximum Gasteiger partial charge on any atom is 0.341 e. The fourth-order valence-electron chi connectivity index (χ4n) is 3.43.